The van der Waals surface area contributed by atoms with E-state index in [4.69, 9.17) is 4.74 Å². The van der Waals surface area contributed by atoms with E-state index in [2.05, 4.69) is 27.5 Å². The predicted octanol–water partition coefficient (Wildman–Crippen LogP) is 2.99. The van der Waals surface area contributed by atoms with Crippen LogP contribution < -0.4 is 10.6 Å². The first-order valence-electron chi connectivity index (χ1n) is 11.2. The van der Waals surface area contributed by atoms with Crippen LogP contribution in [0.25, 0.3) is 11.1 Å². The summed E-state index contributed by atoms with van der Waals surface area (Å²) in [6.07, 6.45) is 0.590. The molecular weight excluding hydrogens is 452 g/mol. The molecule has 0 radical (unpaired) electrons. The van der Waals surface area contributed by atoms with Crippen LogP contribution in [-0.4, -0.2) is 55.3 Å². The maximum absolute atomic E-state index is 12.3. The summed E-state index contributed by atoms with van der Waals surface area (Å²) in [7, 11) is 1.20. The van der Waals surface area contributed by atoms with Crippen LogP contribution in [-0.2, 0) is 23.9 Å². The van der Waals surface area contributed by atoms with Crippen LogP contribution >= 0.6 is 0 Å². The number of carboxylic acids is 1. The molecule has 1 aliphatic rings. The first-order chi connectivity index (χ1) is 16.8. The number of rotatable bonds is 10. The Kier molecular flexibility index (Phi) is 8.61. The lowest BCUT2D eigenvalue weighted by atomic mass is 9.98. The van der Waals surface area contributed by atoms with Crippen LogP contribution in [0.4, 0.5) is 4.79 Å². The second-order valence-corrected chi connectivity index (χ2v) is 8.07. The third-order valence-corrected chi connectivity index (χ3v) is 5.82. The topological polar surface area (TPSA) is 131 Å². The van der Waals surface area contributed by atoms with Crippen molar-refractivity contribution in [2.24, 2.45) is 0 Å². The van der Waals surface area contributed by atoms with Gasteiger partial charge in [-0.3, -0.25) is 9.59 Å². The molecule has 1 atom stereocenters. The molecule has 2 aromatic rings. The normalized spacial score (nSPS) is 13.3. The van der Waals surface area contributed by atoms with Crippen LogP contribution in [0.1, 0.15) is 36.8 Å². The molecule has 35 heavy (non-hydrogen) atoms. The Morgan fingerprint density at radius 1 is 1.03 bits per heavy atom. The summed E-state index contributed by atoms with van der Waals surface area (Å²) in [4.78, 5) is 47.1. The Labute approximate surface area is 203 Å². The van der Waals surface area contributed by atoms with Gasteiger partial charge in [0.2, 0.25) is 5.91 Å². The number of carboxylic acid groups (broad SMARTS) is 1. The number of aliphatic carboxylic acids is 1. The first kappa shape index (κ1) is 25.5. The highest BCUT2D eigenvalue weighted by Gasteiger charge is 2.29. The molecule has 1 aliphatic carbocycles. The van der Waals surface area contributed by atoms with E-state index >= 15 is 0 Å². The zero-order chi connectivity index (χ0) is 25.4. The molecule has 0 saturated carbocycles. The minimum Gasteiger partial charge on any atom is -0.480 e. The number of fused-ring (bicyclic) bond motifs is 3. The largest absolute Gasteiger partial charge is 0.480 e. The highest BCUT2D eigenvalue weighted by atomic mass is 16.5. The predicted molar refractivity (Wildman–Crippen MR) is 128 cm³/mol. The number of ether oxygens (including phenoxy) is 2. The van der Waals surface area contributed by atoms with Gasteiger partial charge in [0.25, 0.3) is 0 Å². The second-order valence-electron chi connectivity index (χ2n) is 8.07. The van der Waals surface area contributed by atoms with Gasteiger partial charge < -0.3 is 25.2 Å². The number of benzene rings is 2. The lowest BCUT2D eigenvalue weighted by Gasteiger charge is -2.15. The van der Waals surface area contributed by atoms with Gasteiger partial charge in [-0.15, -0.1) is 0 Å². The van der Waals surface area contributed by atoms with Crippen LogP contribution in [0, 0.1) is 0 Å². The van der Waals surface area contributed by atoms with Crippen molar-refractivity contribution in [3.05, 3.63) is 71.3 Å². The maximum atomic E-state index is 12.3. The summed E-state index contributed by atoms with van der Waals surface area (Å²) in [6, 6.07) is 14.8. The van der Waals surface area contributed by atoms with E-state index in [1.54, 1.807) is 0 Å². The van der Waals surface area contributed by atoms with Crippen molar-refractivity contribution in [1.82, 2.24) is 10.6 Å². The fourth-order valence-electron chi connectivity index (χ4n) is 3.92. The molecule has 0 fully saturated rings. The molecule has 0 bridgehead atoms. The zero-order valence-electron chi connectivity index (χ0n) is 19.6. The van der Waals surface area contributed by atoms with Gasteiger partial charge in [0.1, 0.15) is 12.6 Å². The molecule has 0 heterocycles. The van der Waals surface area contributed by atoms with E-state index in [9.17, 15) is 24.3 Å². The molecule has 9 heteroatoms. The van der Waals surface area contributed by atoms with Crippen molar-refractivity contribution in [1.29, 1.82) is 0 Å². The number of esters is 1. The quantitative estimate of drug-likeness (QED) is 0.352. The number of alkyl carbamates (subject to hydrolysis) is 1. The number of hydrogen-bond donors (Lipinski definition) is 3. The zero-order valence-corrected chi connectivity index (χ0v) is 19.6. The maximum Gasteiger partial charge on any atom is 0.407 e. The van der Waals surface area contributed by atoms with Gasteiger partial charge in [0.15, 0.2) is 0 Å². The van der Waals surface area contributed by atoms with E-state index in [1.807, 2.05) is 36.4 Å². The van der Waals surface area contributed by atoms with E-state index in [0.29, 0.717) is 0 Å². The SMILES string of the molecule is COC(=O)CC[C@@H](NC(=O)/C(C)=C/CNC(=O)OCC1c2ccccc2-c2ccccc21)C(=O)O. The Balaban J connectivity index is 1.49. The van der Waals surface area contributed by atoms with Crippen molar-refractivity contribution in [2.45, 2.75) is 31.7 Å². The highest BCUT2D eigenvalue weighted by molar-refractivity contribution is 5.95. The molecule has 0 spiro atoms. The fourth-order valence-corrected chi connectivity index (χ4v) is 3.92. The molecule has 0 aromatic heterocycles. The van der Waals surface area contributed by atoms with Gasteiger partial charge in [0, 0.05) is 24.5 Å². The van der Waals surface area contributed by atoms with Gasteiger partial charge in [-0.1, -0.05) is 54.6 Å². The first-order valence-corrected chi connectivity index (χ1v) is 11.2. The Morgan fingerprint density at radius 2 is 1.63 bits per heavy atom. The van der Waals surface area contributed by atoms with Gasteiger partial charge >= 0.3 is 18.0 Å². The molecular formula is C26H28N2O7. The van der Waals surface area contributed by atoms with Crippen molar-refractivity contribution in [3.8, 4) is 11.1 Å². The lowest BCUT2D eigenvalue weighted by Crippen LogP contribution is -2.41. The number of nitrogens with one attached hydrogen (secondary N) is 2. The molecule has 0 aliphatic heterocycles. The number of carbonyl (C=O) groups is 4. The van der Waals surface area contributed by atoms with Gasteiger partial charge in [0.05, 0.1) is 7.11 Å². The molecule has 2 amide bonds. The van der Waals surface area contributed by atoms with Crippen LogP contribution in [0.2, 0.25) is 0 Å². The van der Waals surface area contributed by atoms with Gasteiger partial charge in [-0.05, 0) is 35.6 Å². The third kappa shape index (κ3) is 6.47. The van der Waals surface area contributed by atoms with Crippen molar-refractivity contribution < 1.29 is 33.8 Å². The van der Waals surface area contributed by atoms with Crippen molar-refractivity contribution in [2.75, 3.05) is 20.3 Å². The third-order valence-electron chi connectivity index (χ3n) is 5.82. The molecule has 184 valence electrons. The van der Waals surface area contributed by atoms with Crippen LogP contribution in [0.3, 0.4) is 0 Å². The molecule has 9 nitrogen and oxygen atoms in total. The fraction of sp³-hybridized carbons (Fsp3) is 0.308. The summed E-state index contributed by atoms with van der Waals surface area (Å²) >= 11 is 0. The number of hydrogen-bond acceptors (Lipinski definition) is 6. The summed E-state index contributed by atoms with van der Waals surface area (Å²) in [6.45, 7) is 1.69. The highest BCUT2D eigenvalue weighted by Crippen LogP contribution is 2.44. The van der Waals surface area contributed by atoms with E-state index in [-0.39, 0.29) is 37.5 Å². The number of carbonyl (C=O) groups excluding carboxylic acids is 3. The smallest absolute Gasteiger partial charge is 0.407 e. The summed E-state index contributed by atoms with van der Waals surface area (Å²) in [5.74, 6) is -2.50. The average Bonchev–Trinajstić information content (AvgIpc) is 3.18. The van der Waals surface area contributed by atoms with Crippen molar-refractivity contribution >= 4 is 23.9 Å². The summed E-state index contributed by atoms with van der Waals surface area (Å²) in [5, 5.41) is 14.2. The van der Waals surface area contributed by atoms with E-state index in [1.165, 1.54) is 20.1 Å². The summed E-state index contributed by atoms with van der Waals surface area (Å²) < 4.78 is 9.93. The van der Waals surface area contributed by atoms with Crippen LogP contribution in [0.15, 0.2) is 60.2 Å². The second kappa shape index (κ2) is 11.8. The van der Waals surface area contributed by atoms with Crippen LogP contribution in [0.5, 0.6) is 0 Å². The molecule has 3 rings (SSSR count). The minimum atomic E-state index is -1.26. The molecule has 0 saturated heterocycles. The molecule has 2 aromatic carbocycles. The number of methoxy groups -OCH3 is 1. The monoisotopic (exact) mass is 480 g/mol. The summed E-state index contributed by atoms with van der Waals surface area (Å²) in [5.41, 5.74) is 4.69. The Bertz CT molecular complexity index is 1100. The van der Waals surface area contributed by atoms with E-state index in [0.717, 1.165) is 22.3 Å². The van der Waals surface area contributed by atoms with Gasteiger partial charge in [-0.25, -0.2) is 9.59 Å². The Morgan fingerprint density at radius 3 is 2.20 bits per heavy atom. The number of amides is 2. The lowest BCUT2D eigenvalue weighted by molar-refractivity contribution is -0.143. The van der Waals surface area contributed by atoms with Gasteiger partial charge in [-0.2, -0.15) is 0 Å². The standard InChI is InChI=1S/C26H28N2O7/c1-16(24(30)28-22(25(31)32)11-12-23(29)34-2)13-14-27-26(33)35-15-21-19-9-5-3-7-17(19)18-8-4-6-10-20(18)21/h3-10,13,21-22H,11-12,14-15H2,1-2H3,(H,27,33)(H,28,30)(H,31,32)/b16-13+/t22-/m1/s1. The Hall–Kier alpha value is -4.14. The minimum absolute atomic E-state index is 0.0236. The average molecular weight is 481 g/mol. The van der Waals surface area contributed by atoms with E-state index < -0.39 is 30.0 Å². The van der Waals surface area contributed by atoms with Crippen molar-refractivity contribution in [3.63, 3.8) is 0 Å². The molecule has 3 N–H and O–H groups in total. The molecule has 0 unspecified atom stereocenters.